The summed E-state index contributed by atoms with van der Waals surface area (Å²) < 4.78 is 0. The van der Waals surface area contributed by atoms with Crippen LogP contribution in [0.2, 0.25) is 0 Å². The molecule has 0 amide bonds. The number of hydrogen-bond donors (Lipinski definition) is 0. The highest BCUT2D eigenvalue weighted by atomic mass is 15.2. The van der Waals surface area contributed by atoms with Crippen LogP contribution >= 0.6 is 0 Å². The van der Waals surface area contributed by atoms with E-state index in [1.807, 2.05) is 0 Å². The van der Waals surface area contributed by atoms with Gasteiger partial charge in [-0.15, -0.1) is 6.58 Å². The number of para-hydroxylation sites is 2. The summed E-state index contributed by atoms with van der Waals surface area (Å²) in [4.78, 5) is 5.35. The Morgan fingerprint density at radius 1 is 0.710 bits per heavy atom. The molecule has 0 aromatic heterocycles. The molecule has 3 aliphatic heterocycles. The third kappa shape index (κ3) is 6.54. The molecule has 0 fully saturated rings. The number of rotatable bonds is 10. The standard InChI is InChI=1S/C66H59BN2/c1-6-8-10-11-12-27-49-42-47(25-9-7-2)39-41-60(49)68-59(40-38-45(4)50-28-15-13-24-44(50)3)46(5)67-64-62(68)43-48-26-14-16-29-51(48)63(64)54-32-23-36-58-65(54)69(67)61-37-22-21-35-57(61)66(58)55-33-19-17-30-52(55)53-31-18-20-34-56(53)66/h10-24,26-38,40,42-43H,5-9,25,39,41H2,1-4H3/b11-10-,27-12?,45-38+,59-40+. The van der Waals surface area contributed by atoms with E-state index in [4.69, 9.17) is 6.58 Å². The van der Waals surface area contributed by atoms with E-state index in [1.54, 1.807) is 5.57 Å². The molecule has 0 unspecified atom stereocenters. The molecule has 69 heavy (non-hydrogen) atoms. The van der Waals surface area contributed by atoms with Crippen LogP contribution in [0.15, 0.2) is 223 Å². The summed E-state index contributed by atoms with van der Waals surface area (Å²) in [7, 11) is 0. The minimum atomic E-state index is -0.508. The third-order valence-corrected chi connectivity index (χ3v) is 15.7. The lowest BCUT2D eigenvalue weighted by molar-refractivity contribution is 0.732. The van der Waals surface area contributed by atoms with Crippen molar-refractivity contribution in [3.63, 3.8) is 0 Å². The van der Waals surface area contributed by atoms with E-state index in [9.17, 15) is 0 Å². The molecule has 0 N–H and O–H groups in total. The van der Waals surface area contributed by atoms with Crippen molar-refractivity contribution >= 4 is 45.7 Å². The first kappa shape index (κ1) is 43.0. The van der Waals surface area contributed by atoms with E-state index in [0.717, 1.165) is 43.3 Å². The van der Waals surface area contributed by atoms with Gasteiger partial charge in [0.2, 0.25) is 0 Å². The second-order valence-electron chi connectivity index (χ2n) is 19.7. The number of allylic oxidation sites excluding steroid dienone is 12. The van der Waals surface area contributed by atoms with Gasteiger partial charge in [0.25, 0.3) is 0 Å². The van der Waals surface area contributed by atoms with Crippen molar-refractivity contribution in [2.24, 2.45) is 0 Å². The predicted octanol–water partition coefficient (Wildman–Crippen LogP) is 16.8. The van der Waals surface area contributed by atoms with Crippen molar-refractivity contribution in [3.05, 3.63) is 256 Å². The fourth-order valence-electron chi connectivity index (χ4n) is 12.7. The van der Waals surface area contributed by atoms with Gasteiger partial charge in [-0.1, -0.05) is 202 Å². The molecular formula is C66H59BN2. The lowest BCUT2D eigenvalue weighted by atomic mass is 9.41. The summed E-state index contributed by atoms with van der Waals surface area (Å²) >= 11 is 0. The Hall–Kier alpha value is -7.36. The number of nitrogens with zero attached hydrogens (tertiary/aromatic N) is 2. The highest BCUT2D eigenvalue weighted by Gasteiger charge is 2.56. The largest absolute Gasteiger partial charge is 0.376 e. The summed E-state index contributed by atoms with van der Waals surface area (Å²) in [5.41, 5.74) is 25.4. The summed E-state index contributed by atoms with van der Waals surface area (Å²) in [6.07, 6.45) is 24.2. The fraction of sp³-hybridized carbons (Fsp3) is 0.182. The molecule has 5 aliphatic rings. The maximum Gasteiger partial charge on any atom is 0.332 e. The maximum absolute atomic E-state index is 5.30. The van der Waals surface area contributed by atoms with Gasteiger partial charge in [0.15, 0.2) is 0 Å². The smallest absolute Gasteiger partial charge is 0.332 e. The first-order valence-corrected chi connectivity index (χ1v) is 25.4. The molecule has 0 saturated heterocycles. The molecule has 12 rings (SSSR count). The summed E-state index contributed by atoms with van der Waals surface area (Å²) in [6.45, 7) is 14.2. The number of hydrogen-bond acceptors (Lipinski definition) is 2. The monoisotopic (exact) mass is 890 g/mol. The molecule has 2 nitrogen and oxygen atoms in total. The highest BCUT2D eigenvalue weighted by Crippen LogP contribution is 2.65. The normalized spacial score (nSPS) is 17.0. The molecule has 0 atom stereocenters. The van der Waals surface area contributed by atoms with Crippen LogP contribution < -0.4 is 15.2 Å². The van der Waals surface area contributed by atoms with E-state index < -0.39 is 5.41 Å². The maximum atomic E-state index is 5.30. The van der Waals surface area contributed by atoms with Crippen LogP contribution in [0.25, 0.3) is 38.6 Å². The fourth-order valence-corrected chi connectivity index (χ4v) is 12.7. The molecule has 7 aromatic rings. The Bertz CT molecular complexity index is 3410. The minimum Gasteiger partial charge on any atom is -0.376 e. The van der Waals surface area contributed by atoms with Crippen LogP contribution in [0.1, 0.15) is 99.1 Å². The van der Waals surface area contributed by atoms with E-state index in [2.05, 4.69) is 226 Å². The second kappa shape index (κ2) is 17.3. The van der Waals surface area contributed by atoms with Gasteiger partial charge in [-0.25, -0.2) is 0 Å². The van der Waals surface area contributed by atoms with Crippen LogP contribution in [0.4, 0.5) is 17.1 Å². The lowest BCUT2D eigenvalue weighted by Crippen LogP contribution is -2.59. The van der Waals surface area contributed by atoms with Crippen molar-refractivity contribution in [3.8, 4) is 22.3 Å². The second-order valence-corrected chi connectivity index (χ2v) is 19.7. The number of anilines is 3. The van der Waals surface area contributed by atoms with E-state index in [0.29, 0.717) is 0 Å². The van der Waals surface area contributed by atoms with E-state index >= 15 is 0 Å². The molecular weight excluding hydrogens is 832 g/mol. The van der Waals surface area contributed by atoms with Crippen molar-refractivity contribution in [2.75, 3.05) is 9.71 Å². The minimum absolute atomic E-state index is 0.177. The molecule has 0 bridgehead atoms. The SMILES string of the molecule is C=C1B2c3c(cc4ccccc4c3-c3cccc4c3N2c2ccccc2C42c3ccccc3-c3ccccc32)N(C2=C(C=C/C=C\CCC)C=C(CCCC)CC2)/C1=C/C=C(\C)c1ccccc1C. The van der Waals surface area contributed by atoms with Gasteiger partial charge in [-0.2, -0.15) is 0 Å². The van der Waals surface area contributed by atoms with Crippen molar-refractivity contribution in [1.29, 1.82) is 0 Å². The topological polar surface area (TPSA) is 6.48 Å². The Kier molecular flexibility index (Phi) is 10.8. The van der Waals surface area contributed by atoms with Gasteiger partial charge < -0.3 is 9.71 Å². The molecule has 336 valence electrons. The Morgan fingerprint density at radius 2 is 1.41 bits per heavy atom. The molecule has 3 heterocycles. The number of aryl methyl sites for hydroxylation is 1. The number of fused-ring (bicyclic) bond motifs is 13. The van der Waals surface area contributed by atoms with Gasteiger partial charge >= 0.3 is 6.85 Å². The summed E-state index contributed by atoms with van der Waals surface area (Å²) in [5, 5.41) is 2.53. The third-order valence-electron chi connectivity index (χ3n) is 15.7. The molecule has 2 aliphatic carbocycles. The van der Waals surface area contributed by atoms with Crippen LogP contribution in [0.5, 0.6) is 0 Å². The molecule has 3 heteroatoms. The van der Waals surface area contributed by atoms with Gasteiger partial charge in [-0.3, -0.25) is 0 Å². The Balaban J connectivity index is 1.19. The number of unbranched alkanes of at least 4 members (excludes halogenated alkanes) is 2. The average Bonchev–Trinajstić information content (AvgIpc) is 3.68. The first-order valence-electron chi connectivity index (χ1n) is 25.4. The average molecular weight is 891 g/mol. The zero-order valence-corrected chi connectivity index (χ0v) is 40.5. The van der Waals surface area contributed by atoms with Crippen LogP contribution in [-0.2, 0) is 5.41 Å². The molecule has 7 aromatic carbocycles. The van der Waals surface area contributed by atoms with Crippen molar-refractivity contribution in [2.45, 2.75) is 78.1 Å². The van der Waals surface area contributed by atoms with Crippen LogP contribution in [-0.4, -0.2) is 6.85 Å². The van der Waals surface area contributed by atoms with Crippen LogP contribution in [0.3, 0.4) is 0 Å². The van der Waals surface area contributed by atoms with Crippen LogP contribution in [0, 0.1) is 6.92 Å². The first-order chi connectivity index (χ1) is 33.9. The van der Waals surface area contributed by atoms with E-state index in [-0.39, 0.29) is 6.85 Å². The predicted molar refractivity (Wildman–Crippen MR) is 296 cm³/mol. The molecule has 0 radical (unpaired) electrons. The van der Waals surface area contributed by atoms with Crippen molar-refractivity contribution < 1.29 is 0 Å². The quantitative estimate of drug-likeness (QED) is 0.0997. The summed E-state index contributed by atoms with van der Waals surface area (Å²) in [5.74, 6) is 0. The zero-order chi connectivity index (χ0) is 46.8. The molecule has 1 spiro atoms. The van der Waals surface area contributed by atoms with Crippen molar-refractivity contribution in [1.82, 2.24) is 0 Å². The molecule has 0 saturated carbocycles. The number of benzene rings is 7. The van der Waals surface area contributed by atoms with E-state index in [1.165, 1.54) is 119 Å². The lowest BCUT2D eigenvalue weighted by Gasteiger charge is -2.53. The van der Waals surface area contributed by atoms with Gasteiger partial charge in [0, 0.05) is 34.0 Å². The summed E-state index contributed by atoms with van der Waals surface area (Å²) in [6, 6.07) is 55.2. The van der Waals surface area contributed by atoms with Gasteiger partial charge in [-0.05, 0) is 147 Å². The Labute approximate surface area is 409 Å². The van der Waals surface area contributed by atoms with Gasteiger partial charge in [0.1, 0.15) is 0 Å². The highest BCUT2D eigenvalue weighted by molar-refractivity contribution is 6.89. The Morgan fingerprint density at radius 3 is 2.19 bits per heavy atom. The zero-order valence-electron chi connectivity index (χ0n) is 40.5. The van der Waals surface area contributed by atoms with Gasteiger partial charge in [0.05, 0.1) is 5.41 Å².